The predicted molar refractivity (Wildman–Crippen MR) is 74.3 cm³/mol. The quantitative estimate of drug-likeness (QED) is 0.484. The first-order valence-electron chi connectivity index (χ1n) is 5.12. The van der Waals surface area contributed by atoms with Crippen molar-refractivity contribution >= 4 is 23.0 Å². The molecule has 0 heterocycles. The van der Waals surface area contributed by atoms with Gasteiger partial charge in [-0.2, -0.15) is 0 Å². The lowest BCUT2D eigenvalue weighted by Crippen LogP contribution is -2.36. The van der Waals surface area contributed by atoms with E-state index in [9.17, 15) is 0 Å². The molecule has 1 rings (SSSR count). The highest BCUT2D eigenvalue weighted by Gasteiger charge is 2.13. The molecular weight excluding hydrogens is 254 g/mol. The Bertz CT molecular complexity index is 413. The van der Waals surface area contributed by atoms with Gasteiger partial charge in [-0.05, 0) is 12.2 Å². The highest BCUT2D eigenvalue weighted by atomic mass is 32.1. The van der Waals surface area contributed by atoms with E-state index in [0.29, 0.717) is 28.0 Å². The molecule has 3 N–H and O–H groups in total. The molecule has 6 nitrogen and oxygen atoms in total. The van der Waals surface area contributed by atoms with Crippen molar-refractivity contribution in [3.63, 3.8) is 0 Å². The number of hydrogen-bond acceptors (Lipinski definition) is 5. The molecule has 0 aliphatic rings. The molecule has 0 aliphatic carbocycles. The predicted octanol–water partition coefficient (Wildman–Crippen LogP) is 1.21. The van der Waals surface area contributed by atoms with Crippen LogP contribution in [0.1, 0.15) is 0 Å². The van der Waals surface area contributed by atoms with Gasteiger partial charge in [0.05, 0.1) is 21.3 Å². The second-order valence-corrected chi connectivity index (χ2v) is 3.84. The van der Waals surface area contributed by atoms with E-state index < -0.39 is 0 Å². The summed E-state index contributed by atoms with van der Waals surface area (Å²) >= 11 is 5.06. The number of hydrogen-bond donors (Lipinski definition) is 2. The molecule has 0 amide bonds. The van der Waals surface area contributed by atoms with Crippen LogP contribution in [0.5, 0.6) is 17.2 Å². The number of methoxy groups -OCH3 is 3. The molecule has 0 saturated heterocycles. The summed E-state index contributed by atoms with van der Waals surface area (Å²) in [6.45, 7) is 0. The third-order valence-electron chi connectivity index (χ3n) is 2.24. The minimum Gasteiger partial charge on any atom is -0.493 e. The normalized spacial score (nSPS) is 9.61. The highest BCUT2D eigenvalue weighted by Crippen LogP contribution is 2.39. The maximum absolute atomic E-state index is 5.52. The first kappa shape index (κ1) is 14.3. The topological polar surface area (TPSA) is 69.0 Å². The Morgan fingerprint density at radius 1 is 1.17 bits per heavy atom. The minimum atomic E-state index is 0.379. The van der Waals surface area contributed by atoms with Crippen LogP contribution in [-0.2, 0) is 0 Å². The Hall–Kier alpha value is -1.73. The van der Waals surface area contributed by atoms with Gasteiger partial charge >= 0.3 is 0 Å². The molecule has 7 heteroatoms. The molecule has 1 aromatic carbocycles. The molecule has 0 bridgehead atoms. The van der Waals surface area contributed by atoms with Crippen molar-refractivity contribution in [2.45, 2.75) is 0 Å². The van der Waals surface area contributed by atoms with Crippen LogP contribution in [-0.4, -0.2) is 38.5 Å². The van der Waals surface area contributed by atoms with Crippen LogP contribution in [0.4, 0.5) is 5.69 Å². The summed E-state index contributed by atoms with van der Waals surface area (Å²) in [5.74, 6) is 7.14. The van der Waals surface area contributed by atoms with Crippen molar-refractivity contribution in [3.05, 3.63) is 12.1 Å². The average molecular weight is 271 g/mol. The maximum atomic E-state index is 5.52. The SMILES string of the molecule is COc1cc(NC(=S)N(C)N)cc(OC)c1OC. The molecule has 0 saturated carbocycles. The van der Waals surface area contributed by atoms with Gasteiger partial charge in [-0.15, -0.1) is 0 Å². The Kier molecular flexibility index (Phi) is 4.99. The van der Waals surface area contributed by atoms with Crippen LogP contribution in [0, 0.1) is 0 Å². The number of nitrogens with zero attached hydrogens (tertiary/aromatic N) is 1. The molecule has 0 atom stereocenters. The van der Waals surface area contributed by atoms with E-state index in [1.54, 1.807) is 40.5 Å². The van der Waals surface area contributed by atoms with E-state index in [-0.39, 0.29) is 0 Å². The van der Waals surface area contributed by atoms with E-state index in [2.05, 4.69) is 5.32 Å². The smallest absolute Gasteiger partial charge is 0.203 e. The van der Waals surface area contributed by atoms with Gasteiger partial charge in [-0.25, -0.2) is 5.84 Å². The number of nitrogens with two attached hydrogens (primary N) is 1. The molecule has 0 aliphatic heterocycles. The molecule has 0 radical (unpaired) electrons. The van der Waals surface area contributed by atoms with Crippen molar-refractivity contribution in [1.29, 1.82) is 0 Å². The second kappa shape index (κ2) is 6.27. The maximum Gasteiger partial charge on any atom is 0.203 e. The number of rotatable bonds is 4. The first-order valence-corrected chi connectivity index (χ1v) is 5.53. The molecule has 18 heavy (non-hydrogen) atoms. The largest absolute Gasteiger partial charge is 0.493 e. The minimum absolute atomic E-state index is 0.379. The van der Waals surface area contributed by atoms with Crippen LogP contribution >= 0.6 is 12.2 Å². The van der Waals surface area contributed by atoms with E-state index in [1.807, 2.05) is 0 Å². The van der Waals surface area contributed by atoms with E-state index >= 15 is 0 Å². The van der Waals surface area contributed by atoms with Gasteiger partial charge in [0, 0.05) is 24.9 Å². The zero-order valence-corrected chi connectivity index (χ0v) is 11.6. The molecule has 100 valence electrons. The zero-order valence-electron chi connectivity index (χ0n) is 10.8. The van der Waals surface area contributed by atoms with Gasteiger partial charge in [-0.3, -0.25) is 5.01 Å². The standard InChI is InChI=1S/C11H17N3O3S/c1-14(12)11(18)13-7-5-8(15-2)10(17-4)9(6-7)16-3/h5-6H,12H2,1-4H3,(H,13,18). The summed E-state index contributed by atoms with van der Waals surface area (Å²) in [6.07, 6.45) is 0. The third-order valence-corrected chi connectivity index (χ3v) is 2.63. The summed E-state index contributed by atoms with van der Waals surface area (Å²) in [7, 11) is 6.29. The van der Waals surface area contributed by atoms with Gasteiger partial charge in [-0.1, -0.05) is 0 Å². The van der Waals surface area contributed by atoms with Crippen LogP contribution < -0.4 is 25.4 Å². The summed E-state index contributed by atoms with van der Waals surface area (Å²) < 4.78 is 15.7. The second-order valence-electron chi connectivity index (χ2n) is 3.46. The Morgan fingerprint density at radius 2 is 1.67 bits per heavy atom. The van der Waals surface area contributed by atoms with Crippen molar-refractivity contribution < 1.29 is 14.2 Å². The number of thiocarbonyl (C=S) groups is 1. The number of hydrazine groups is 1. The number of nitrogens with one attached hydrogen (secondary N) is 1. The van der Waals surface area contributed by atoms with Gasteiger partial charge in [0.1, 0.15) is 0 Å². The Morgan fingerprint density at radius 3 is 2.00 bits per heavy atom. The van der Waals surface area contributed by atoms with Gasteiger partial charge < -0.3 is 19.5 Å². The highest BCUT2D eigenvalue weighted by molar-refractivity contribution is 7.80. The van der Waals surface area contributed by atoms with Gasteiger partial charge in [0.15, 0.2) is 16.6 Å². The van der Waals surface area contributed by atoms with Crippen LogP contribution in [0.15, 0.2) is 12.1 Å². The number of benzene rings is 1. The molecule has 0 fully saturated rings. The molecular formula is C11H17N3O3S. The summed E-state index contributed by atoms with van der Waals surface area (Å²) in [5.41, 5.74) is 0.701. The van der Waals surface area contributed by atoms with Crippen molar-refractivity contribution in [3.8, 4) is 17.2 Å². The summed E-state index contributed by atoms with van der Waals surface area (Å²) in [5, 5.41) is 4.64. The van der Waals surface area contributed by atoms with Crippen molar-refractivity contribution in [2.24, 2.45) is 5.84 Å². The van der Waals surface area contributed by atoms with E-state index in [0.717, 1.165) is 0 Å². The van der Waals surface area contributed by atoms with E-state index in [4.69, 9.17) is 32.3 Å². The lowest BCUT2D eigenvalue weighted by Gasteiger charge is -2.18. The fourth-order valence-electron chi connectivity index (χ4n) is 1.36. The lowest BCUT2D eigenvalue weighted by molar-refractivity contribution is 0.324. The zero-order chi connectivity index (χ0) is 13.7. The fraction of sp³-hybridized carbons (Fsp3) is 0.364. The summed E-state index contributed by atoms with van der Waals surface area (Å²) in [4.78, 5) is 0. The lowest BCUT2D eigenvalue weighted by atomic mass is 10.2. The van der Waals surface area contributed by atoms with E-state index in [1.165, 1.54) is 5.01 Å². The molecule has 0 spiro atoms. The number of anilines is 1. The van der Waals surface area contributed by atoms with Crippen LogP contribution in [0.2, 0.25) is 0 Å². The Balaban J connectivity index is 3.11. The monoisotopic (exact) mass is 271 g/mol. The molecule has 1 aromatic rings. The van der Waals surface area contributed by atoms with Gasteiger partial charge in [0.2, 0.25) is 5.75 Å². The molecule has 0 unspecified atom stereocenters. The van der Waals surface area contributed by atoms with Crippen molar-refractivity contribution in [1.82, 2.24) is 5.01 Å². The third kappa shape index (κ3) is 3.14. The van der Waals surface area contributed by atoms with Crippen LogP contribution in [0.3, 0.4) is 0 Å². The molecule has 0 aromatic heterocycles. The fourth-order valence-corrected chi connectivity index (χ4v) is 1.48. The average Bonchev–Trinajstić information content (AvgIpc) is 2.37. The van der Waals surface area contributed by atoms with Crippen molar-refractivity contribution in [2.75, 3.05) is 33.7 Å². The van der Waals surface area contributed by atoms with Gasteiger partial charge in [0.25, 0.3) is 0 Å². The summed E-state index contributed by atoms with van der Waals surface area (Å²) in [6, 6.07) is 3.49. The number of ether oxygens (including phenoxy) is 3. The van der Waals surface area contributed by atoms with Crippen LogP contribution in [0.25, 0.3) is 0 Å². The first-order chi connectivity index (χ1) is 8.53. The Labute approximate surface area is 112 Å².